The second-order valence-corrected chi connectivity index (χ2v) is 7.58. The molecule has 0 bridgehead atoms. The minimum Gasteiger partial charge on any atom is -0.368 e. The van der Waals surface area contributed by atoms with E-state index < -0.39 is 50.6 Å². The van der Waals surface area contributed by atoms with Crippen LogP contribution in [0.3, 0.4) is 0 Å². The van der Waals surface area contributed by atoms with Gasteiger partial charge in [-0.1, -0.05) is 18.2 Å². The third kappa shape index (κ3) is 4.85. The third-order valence-corrected chi connectivity index (χ3v) is 5.37. The quantitative estimate of drug-likeness (QED) is 0.755. The number of rotatable bonds is 7. The van der Waals surface area contributed by atoms with Crippen LogP contribution < -0.4 is 11.1 Å². The Morgan fingerprint density at radius 3 is 2.31 bits per heavy atom. The minimum absolute atomic E-state index is 0.0686. The molecule has 0 unspecified atom stereocenters. The lowest BCUT2D eigenvalue weighted by atomic mass is 10.1. The summed E-state index contributed by atoms with van der Waals surface area (Å²) in [5.41, 5.74) is 4.71. The molecule has 0 aliphatic heterocycles. The first-order valence-corrected chi connectivity index (χ1v) is 9.19. The van der Waals surface area contributed by atoms with Crippen LogP contribution in [0.5, 0.6) is 0 Å². The van der Waals surface area contributed by atoms with E-state index in [1.165, 1.54) is 12.1 Å². The summed E-state index contributed by atoms with van der Waals surface area (Å²) >= 11 is 0. The normalized spacial score (nSPS) is 12.4. The highest BCUT2D eigenvalue weighted by Gasteiger charge is 2.24. The van der Waals surface area contributed by atoms with Crippen molar-refractivity contribution < 1.29 is 26.8 Å². The molecule has 2 rings (SSSR count). The number of benzene rings is 2. The maximum absolute atomic E-state index is 13.6. The van der Waals surface area contributed by atoms with E-state index in [9.17, 15) is 26.8 Å². The molecule has 26 heavy (non-hydrogen) atoms. The van der Waals surface area contributed by atoms with Crippen LogP contribution in [0.25, 0.3) is 0 Å². The number of amides is 2. The van der Waals surface area contributed by atoms with Crippen LogP contribution in [-0.2, 0) is 14.6 Å². The van der Waals surface area contributed by atoms with Gasteiger partial charge in [0.05, 0.1) is 16.2 Å². The molecule has 2 amide bonds. The summed E-state index contributed by atoms with van der Waals surface area (Å²) in [5.74, 6) is -4.38. The second kappa shape index (κ2) is 8.05. The topological polar surface area (TPSA) is 106 Å². The van der Waals surface area contributed by atoms with Gasteiger partial charge in [-0.25, -0.2) is 17.2 Å². The molecule has 2 aromatic carbocycles. The Morgan fingerprint density at radius 2 is 1.73 bits per heavy atom. The van der Waals surface area contributed by atoms with Crippen LogP contribution >= 0.6 is 0 Å². The fourth-order valence-corrected chi connectivity index (χ4v) is 3.57. The summed E-state index contributed by atoms with van der Waals surface area (Å²) in [6.45, 7) is 0. The molecule has 3 N–H and O–H groups in total. The first kappa shape index (κ1) is 19.5. The number of halogens is 2. The predicted octanol–water partition coefficient (Wildman–Crippen LogP) is 1.41. The number of hydrogen-bond acceptors (Lipinski definition) is 4. The van der Waals surface area contributed by atoms with E-state index in [2.05, 4.69) is 5.32 Å². The zero-order chi connectivity index (χ0) is 19.3. The average Bonchev–Trinajstić information content (AvgIpc) is 2.59. The van der Waals surface area contributed by atoms with Gasteiger partial charge in [-0.3, -0.25) is 9.59 Å². The van der Waals surface area contributed by atoms with Gasteiger partial charge in [-0.05, 0) is 30.7 Å². The van der Waals surface area contributed by atoms with Gasteiger partial charge < -0.3 is 11.1 Å². The van der Waals surface area contributed by atoms with E-state index in [0.29, 0.717) is 6.07 Å². The molecular weight excluding hydrogens is 366 g/mol. The van der Waals surface area contributed by atoms with E-state index in [0.717, 1.165) is 12.1 Å². The molecule has 0 saturated carbocycles. The summed E-state index contributed by atoms with van der Waals surface area (Å²) < 4.78 is 51.0. The number of nitrogens with one attached hydrogen (secondary N) is 1. The first-order chi connectivity index (χ1) is 12.2. The molecule has 0 aromatic heterocycles. The molecule has 138 valence electrons. The first-order valence-electron chi connectivity index (χ1n) is 7.54. The van der Waals surface area contributed by atoms with Gasteiger partial charge in [0.25, 0.3) is 5.91 Å². The van der Waals surface area contributed by atoms with Gasteiger partial charge in [0.1, 0.15) is 17.7 Å². The van der Waals surface area contributed by atoms with Crippen LogP contribution in [0.2, 0.25) is 0 Å². The van der Waals surface area contributed by atoms with Crippen molar-refractivity contribution in [1.29, 1.82) is 0 Å². The molecule has 9 heteroatoms. The van der Waals surface area contributed by atoms with Crippen molar-refractivity contribution in [3.05, 3.63) is 65.7 Å². The zero-order valence-electron chi connectivity index (χ0n) is 13.5. The van der Waals surface area contributed by atoms with E-state index in [1.54, 1.807) is 18.2 Å². The van der Waals surface area contributed by atoms with Crippen molar-refractivity contribution in [1.82, 2.24) is 5.32 Å². The average molecular weight is 382 g/mol. The van der Waals surface area contributed by atoms with Gasteiger partial charge in [-0.15, -0.1) is 0 Å². The Hall–Kier alpha value is -2.81. The van der Waals surface area contributed by atoms with Gasteiger partial charge in [0.15, 0.2) is 9.84 Å². The Labute approximate surface area is 148 Å². The molecule has 6 nitrogen and oxygen atoms in total. The lowest BCUT2D eigenvalue weighted by molar-refractivity contribution is -0.119. The number of carbonyl (C=O) groups is 2. The lowest BCUT2D eigenvalue weighted by Gasteiger charge is -2.16. The molecular formula is C17H16F2N2O4S. The minimum atomic E-state index is -3.69. The van der Waals surface area contributed by atoms with E-state index in [4.69, 9.17) is 5.73 Å². The fraction of sp³-hybridized carbons (Fsp3) is 0.176. The molecule has 0 aliphatic rings. The van der Waals surface area contributed by atoms with Crippen molar-refractivity contribution in [3.63, 3.8) is 0 Å². The van der Waals surface area contributed by atoms with E-state index in [1.807, 2.05) is 0 Å². The molecule has 0 radical (unpaired) electrons. The third-order valence-electron chi connectivity index (χ3n) is 3.60. The Kier molecular flexibility index (Phi) is 6.04. The van der Waals surface area contributed by atoms with Crippen molar-refractivity contribution in [2.75, 3.05) is 5.75 Å². The van der Waals surface area contributed by atoms with Crippen LogP contribution in [0.4, 0.5) is 8.78 Å². The number of carbonyl (C=O) groups excluding carboxylic acids is 2. The molecule has 0 heterocycles. The lowest BCUT2D eigenvalue weighted by Crippen LogP contribution is -2.45. The summed E-state index contributed by atoms with van der Waals surface area (Å²) in [7, 11) is -3.69. The van der Waals surface area contributed by atoms with Crippen molar-refractivity contribution >= 4 is 21.7 Å². The Morgan fingerprint density at radius 1 is 1.08 bits per heavy atom. The Balaban J connectivity index is 2.10. The van der Waals surface area contributed by atoms with E-state index >= 15 is 0 Å². The number of sulfone groups is 1. The highest BCUT2D eigenvalue weighted by Crippen LogP contribution is 2.13. The molecule has 0 spiro atoms. The number of nitrogens with two attached hydrogens (primary N) is 1. The zero-order valence-corrected chi connectivity index (χ0v) is 14.3. The van der Waals surface area contributed by atoms with E-state index in [-0.39, 0.29) is 11.3 Å². The predicted molar refractivity (Wildman–Crippen MR) is 89.9 cm³/mol. The van der Waals surface area contributed by atoms with Crippen LogP contribution in [0.1, 0.15) is 16.8 Å². The number of primary amides is 1. The summed E-state index contributed by atoms with van der Waals surface area (Å²) in [4.78, 5) is 23.6. The van der Waals surface area contributed by atoms with Crippen LogP contribution in [-0.4, -0.2) is 32.0 Å². The fourth-order valence-electron chi connectivity index (χ4n) is 2.21. The van der Waals surface area contributed by atoms with Gasteiger partial charge in [0, 0.05) is 6.07 Å². The highest BCUT2D eigenvalue weighted by atomic mass is 32.2. The smallest absolute Gasteiger partial charge is 0.254 e. The van der Waals surface area contributed by atoms with Crippen molar-refractivity contribution in [2.24, 2.45) is 5.73 Å². The molecule has 0 fully saturated rings. The van der Waals surface area contributed by atoms with Gasteiger partial charge in [-0.2, -0.15) is 0 Å². The van der Waals surface area contributed by atoms with Crippen molar-refractivity contribution in [2.45, 2.75) is 17.4 Å². The maximum Gasteiger partial charge on any atom is 0.254 e. The summed E-state index contributed by atoms with van der Waals surface area (Å²) in [6, 6.07) is 8.56. The number of hydrogen-bond donors (Lipinski definition) is 2. The van der Waals surface area contributed by atoms with Crippen LogP contribution in [0, 0.1) is 11.6 Å². The highest BCUT2D eigenvalue weighted by molar-refractivity contribution is 7.91. The summed E-state index contributed by atoms with van der Waals surface area (Å²) in [5, 5.41) is 2.18. The van der Waals surface area contributed by atoms with Crippen molar-refractivity contribution in [3.8, 4) is 0 Å². The molecule has 2 aromatic rings. The van der Waals surface area contributed by atoms with Gasteiger partial charge in [0.2, 0.25) is 5.91 Å². The SMILES string of the molecule is NC(=O)[C@@H](CCS(=O)(=O)c1ccccc1)NC(=O)c1ccc(F)cc1F. The molecule has 0 aliphatic carbocycles. The second-order valence-electron chi connectivity index (χ2n) is 5.47. The van der Waals surface area contributed by atoms with Crippen LogP contribution in [0.15, 0.2) is 53.4 Å². The summed E-state index contributed by atoms with van der Waals surface area (Å²) in [6.07, 6.45) is -0.291. The monoisotopic (exact) mass is 382 g/mol. The van der Waals surface area contributed by atoms with Gasteiger partial charge >= 0.3 is 0 Å². The molecule has 1 atom stereocenters. The standard InChI is InChI=1S/C17H16F2N2O4S/c18-11-6-7-13(14(19)10-11)17(23)21-15(16(20)22)8-9-26(24,25)12-4-2-1-3-5-12/h1-7,10,15H,8-9H2,(H2,20,22)(H,21,23)/t15-/m1/s1. The Bertz CT molecular complexity index is 918. The largest absolute Gasteiger partial charge is 0.368 e. The maximum atomic E-state index is 13.6. The molecule has 0 saturated heterocycles.